The van der Waals surface area contributed by atoms with Gasteiger partial charge in [0.25, 0.3) is 5.82 Å². The second-order valence-electron chi connectivity index (χ2n) is 8.95. The Hall–Kier alpha value is -4.03. The zero-order valence-electron chi connectivity index (χ0n) is 18.2. The number of benzene rings is 3. The van der Waals surface area contributed by atoms with Gasteiger partial charge in [0.1, 0.15) is 0 Å². The van der Waals surface area contributed by atoms with E-state index in [1.165, 1.54) is 37.9 Å². The molecule has 34 heavy (non-hydrogen) atoms. The zero-order valence-corrected chi connectivity index (χ0v) is 19.1. The number of fused-ring (bicyclic) bond motifs is 6. The first kappa shape index (κ1) is 18.4. The number of anilines is 2. The van der Waals surface area contributed by atoms with Gasteiger partial charge in [-0.3, -0.25) is 0 Å². The predicted octanol–water partition coefficient (Wildman–Crippen LogP) is 5.24. The molecule has 0 saturated carbocycles. The minimum atomic E-state index is -1.68. The quantitative estimate of drug-likeness (QED) is 0.368. The van der Waals surface area contributed by atoms with Crippen molar-refractivity contribution in [1.29, 1.82) is 0 Å². The number of nitrogens with zero attached hydrogens (tertiary/aromatic N) is 4. The van der Waals surface area contributed by atoms with Gasteiger partial charge in [0.2, 0.25) is 5.84 Å². The van der Waals surface area contributed by atoms with Crippen molar-refractivity contribution in [2.75, 3.05) is 4.81 Å². The van der Waals surface area contributed by atoms with Crippen molar-refractivity contribution in [3.05, 3.63) is 121 Å². The summed E-state index contributed by atoms with van der Waals surface area (Å²) in [7, 11) is 0. The molecule has 0 saturated heterocycles. The van der Waals surface area contributed by atoms with Crippen LogP contribution in [-0.2, 0) is 0 Å². The summed E-state index contributed by atoms with van der Waals surface area (Å²) in [4.78, 5) is 12.7. The number of para-hydroxylation sites is 2. The van der Waals surface area contributed by atoms with Crippen molar-refractivity contribution < 1.29 is 4.48 Å². The van der Waals surface area contributed by atoms with Gasteiger partial charge in [0, 0.05) is 50.8 Å². The van der Waals surface area contributed by atoms with Gasteiger partial charge < -0.3 is 14.1 Å². The Morgan fingerprint density at radius 1 is 0.765 bits per heavy atom. The maximum Gasteiger partial charge on any atom is 0.425 e. The van der Waals surface area contributed by atoms with Gasteiger partial charge >= 0.3 is 6.55 Å². The first-order valence-electron chi connectivity index (χ1n) is 11.6. The molecule has 8 rings (SSSR count). The molecular formula is C28H19BN4S. The van der Waals surface area contributed by atoms with Crippen LogP contribution in [0.3, 0.4) is 0 Å². The van der Waals surface area contributed by atoms with Crippen LogP contribution in [0.4, 0.5) is 17.2 Å². The van der Waals surface area contributed by atoms with E-state index in [0.717, 1.165) is 11.7 Å². The third kappa shape index (κ3) is 2.12. The average molecular weight is 454 g/mol. The fourth-order valence-electron chi connectivity index (χ4n) is 6.11. The fourth-order valence-corrected chi connectivity index (χ4v) is 7.22. The number of allylic oxidation sites excluding steroid dienone is 2. The highest BCUT2D eigenvalue weighted by molar-refractivity contribution is 7.99. The molecule has 1 atom stereocenters. The van der Waals surface area contributed by atoms with E-state index < -0.39 is 6.55 Å². The molecule has 4 nitrogen and oxygen atoms in total. The Labute approximate surface area is 202 Å². The van der Waals surface area contributed by atoms with Crippen LogP contribution in [0.1, 0.15) is 5.56 Å². The van der Waals surface area contributed by atoms with Gasteiger partial charge in [-0.05, 0) is 35.3 Å². The number of amidine groups is 1. The van der Waals surface area contributed by atoms with E-state index in [0.29, 0.717) is 0 Å². The SMILES string of the molecule is C1=CC2=Nc3cccc[n+]3[B-]3(c4ccccc4)N2C(=C1)c1cccc2c1N3c1ccccc1S2. The van der Waals surface area contributed by atoms with E-state index in [-0.39, 0.29) is 0 Å². The average Bonchev–Trinajstić information content (AvgIpc) is 2.90. The lowest BCUT2D eigenvalue weighted by Crippen LogP contribution is -2.90. The molecule has 4 aromatic rings. The van der Waals surface area contributed by atoms with Gasteiger partial charge in [-0.25, -0.2) is 0 Å². The number of aliphatic imine (C=N–C) groups is 1. The second kappa shape index (κ2) is 6.52. The normalized spacial score (nSPS) is 20.5. The second-order valence-corrected chi connectivity index (χ2v) is 10.0. The molecule has 0 spiro atoms. The van der Waals surface area contributed by atoms with E-state index in [1.807, 2.05) is 11.8 Å². The molecule has 5 heterocycles. The fraction of sp³-hybridized carbons (Fsp3) is 0. The highest BCUT2D eigenvalue weighted by Gasteiger charge is 2.58. The lowest BCUT2D eigenvalue weighted by molar-refractivity contribution is -0.538. The number of hydrogen-bond acceptors (Lipinski definition) is 4. The van der Waals surface area contributed by atoms with Gasteiger partial charge in [-0.2, -0.15) is 0 Å². The van der Waals surface area contributed by atoms with Crippen LogP contribution in [-0.4, -0.2) is 17.2 Å². The largest absolute Gasteiger partial charge is 0.452 e. The van der Waals surface area contributed by atoms with Crippen molar-refractivity contribution in [2.24, 2.45) is 4.99 Å². The van der Waals surface area contributed by atoms with Crippen LogP contribution in [0.25, 0.3) is 5.70 Å². The Bertz CT molecular complexity index is 1610. The number of pyridine rings is 1. The van der Waals surface area contributed by atoms with E-state index in [1.54, 1.807) is 0 Å². The summed E-state index contributed by atoms with van der Waals surface area (Å²) in [5.41, 5.74) is 6.19. The smallest absolute Gasteiger partial charge is 0.425 e. The van der Waals surface area contributed by atoms with Crippen LogP contribution < -0.4 is 14.8 Å². The molecule has 0 radical (unpaired) electrons. The zero-order chi connectivity index (χ0) is 22.3. The van der Waals surface area contributed by atoms with Crippen molar-refractivity contribution in [2.45, 2.75) is 9.79 Å². The number of hydrogen-bond donors (Lipinski definition) is 0. The summed E-state index contributed by atoms with van der Waals surface area (Å²) in [6, 6.07) is 32.7. The topological polar surface area (TPSA) is 22.7 Å². The predicted molar refractivity (Wildman–Crippen MR) is 139 cm³/mol. The molecule has 1 unspecified atom stereocenters. The van der Waals surface area contributed by atoms with Crippen molar-refractivity contribution in [1.82, 2.24) is 4.81 Å². The third-order valence-corrected chi connectivity index (χ3v) is 8.43. The maximum atomic E-state index is 5.12. The van der Waals surface area contributed by atoms with E-state index in [2.05, 4.69) is 130 Å². The van der Waals surface area contributed by atoms with E-state index in [4.69, 9.17) is 4.99 Å². The number of rotatable bonds is 1. The van der Waals surface area contributed by atoms with Gasteiger partial charge in [-0.1, -0.05) is 78.5 Å². The van der Waals surface area contributed by atoms with Crippen LogP contribution in [0.5, 0.6) is 0 Å². The molecule has 0 amide bonds. The standard InChI is InChI=1S/C28H19BN4S/c1-2-10-20(11-3-1)29-31-19-7-6-17-26(31)30-27-18-9-14-22(32(27)29)21-12-8-16-25-28(21)33(29)23-13-4-5-15-24(23)34-25/h1-19H. The van der Waals surface area contributed by atoms with Crippen LogP contribution >= 0.6 is 11.8 Å². The first-order valence-corrected chi connectivity index (χ1v) is 12.4. The van der Waals surface area contributed by atoms with E-state index >= 15 is 0 Å². The van der Waals surface area contributed by atoms with Crippen molar-refractivity contribution >= 4 is 52.5 Å². The van der Waals surface area contributed by atoms with Crippen LogP contribution in [0, 0.1) is 0 Å². The lowest BCUT2D eigenvalue weighted by Gasteiger charge is -2.62. The summed E-state index contributed by atoms with van der Waals surface area (Å²) in [6.45, 7) is -1.68. The van der Waals surface area contributed by atoms with Crippen LogP contribution in [0.2, 0.25) is 0 Å². The van der Waals surface area contributed by atoms with Gasteiger partial charge in [0.05, 0.1) is 0 Å². The molecule has 160 valence electrons. The lowest BCUT2D eigenvalue weighted by atomic mass is 9.45. The molecular weight excluding hydrogens is 435 g/mol. The highest BCUT2D eigenvalue weighted by Crippen LogP contribution is 2.56. The molecule has 6 heteroatoms. The Morgan fingerprint density at radius 2 is 1.59 bits per heavy atom. The molecule has 0 N–H and O–H groups in total. The van der Waals surface area contributed by atoms with Crippen LogP contribution in [0.15, 0.2) is 130 Å². The van der Waals surface area contributed by atoms with Crippen molar-refractivity contribution in [3.8, 4) is 0 Å². The van der Waals surface area contributed by atoms with E-state index in [9.17, 15) is 0 Å². The number of aromatic nitrogens is 1. The molecule has 0 aliphatic carbocycles. The summed E-state index contributed by atoms with van der Waals surface area (Å²) >= 11 is 1.86. The Morgan fingerprint density at radius 3 is 2.53 bits per heavy atom. The minimum Gasteiger partial charge on any atom is -0.452 e. The molecule has 0 fully saturated rings. The molecule has 3 aromatic carbocycles. The molecule has 4 aliphatic rings. The third-order valence-electron chi connectivity index (χ3n) is 7.32. The highest BCUT2D eigenvalue weighted by atomic mass is 32.2. The van der Waals surface area contributed by atoms with Gasteiger partial charge in [0.15, 0.2) is 0 Å². The van der Waals surface area contributed by atoms with Gasteiger partial charge in [-0.15, -0.1) is 5.46 Å². The summed E-state index contributed by atoms with van der Waals surface area (Å²) in [6.07, 6.45) is 8.70. The van der Waals surface area contributed by atoms with Crippen molar-refractivity contribution in [3.63, 3.8) is 0 Å². The Balaban J connectivity index is 1.62. The minimum absolute atomic E-state index is 0.958. The molecule has 1 aromatic heterocycles. The Kier molecular flexibility index (Phi) is 3.53. The molecule has 4 aliphatic heterocycles. The maximum absolute atomic E-state index is 5.12. The summed E-state index contributed by atoms with van der Waals surface area (Å²) in [5, 5.41) is 0. The monoisotopic (exact) mass is 454 g/mol. The summed E-state index contributed by atoms with van der Waals surface area (Å²) in [5.74, 6) is 1.93. The first-order chi connectivity index (χ1) is 16.9. The summed E-state index contributed by atoms with van der Waals surface area (Å²) < 4.78 is 2.39. The molecule has 0 bridgehead atoms.